The Balaban J connectivity index is 0.00000338. The number of carbonyl (C=O) groups is 2. The molecule has 5 nitrogen and oxygen atoms in total. The van der Waals surface area contributed by atoms with Crippen LogP contribution < -0.4 is 10.6 Å². The molecule has 1 fully saturated rings. The van der Waals surface area contributed by atoms with E-state index in [0.29, 0.717) is 6.04 Å². The van der Waals surface area contributed by atoms with Crippen molar-refractivity contribution in [2.75, 3.05) is 25.0 Å². The highest BCUT2D eigenvalue weighted by molar-refractivity contribution is 8.00. The monoisotopic (exact) mass is 399 g/mol. The van der Waals surface area contributed by atoms with Crippen LogP contribution in [0.3, 0.4) is 0 Å². The van der Waals surface area contributed by atoms with Crippen molar-refractivity contribution in [1.29, 1.82) is 0 Å². The van der Waals surface area contributed by atoms with E-state index in [1.54, 1.807) is 11.8 Å². The van der Waals surface area contributed by atoms with Crippen LogP contribution in [0, 0.1) is 0 Å². The molecule has 1 unspecified atom stereocenters. The molecule has 1 heterocycles. The molecular weight excluding hydrogens is 370 g/mol. The van der Waals surface area contributed by atoms with Gasteiger partial charge in [0.2, 0.25) is 11.8 Å². The number of thioether (sulfide) groups is 1. The lowest BCUT2D eigenvalue weighted by Gasteiger charge is -2.36. The largest absolute Gasteiger partial charge is 0.339 e. The summed E-state index contributed by atoms with van der Waals surface area (Å²) in [5, 5.41) is 6.00. The Labute approximate surface area is 167 Å². The number of benzene rings is 1. The Kier molecular flexibility index (Phi) is 10.1. The Morgan fingerprint density at radius 1 is 1.27 bits per heavy atom. The molecule has 0 radical (unpaired) electrons. The molecule has 1 aromatic carbocycles. The van der Waals surface area contributed by atoms with E-state index in [1.807, 2.05) is 31.2 Å². The maximum absolute atomic E-state index is 13.0. The molecule has 2 amide bonds. The Morgan fingerprint density at radius 2 is 1.88 bits per heavy atom. The molecule has 26 heavy (non-hydrogen) atoms. The van der Waals surface area contributed by atoms with Gasteiger partial charge in [0.05, 0.1) is 5.25 Å². The third-order valence-corrected chi connectivity index (χ3v) is 5.43. The smallest absolute Gasteiger partial charge is 0.236 e. The molecule has 146 valence electrons. The van der Waals surface area contributed by atoms with Gasteiger partial charge >= 0.3 is 0 Å². The molecule has 2 rings (SSSR count). The minimum Gasteiger partial charge on any atom is -0.339 e. The summed E-state index contributed by atoms with van der Waals surface area (Å²) in [6.45, 7) is 8.41. The number of rotatable bonds is 7. The van der Waals surface area contributed by atoms with Crippen molar-refractivity contribution in [3.8, 4) is 0 Å². The second-order valence-electron chi connectivity index (χ2n) is 6.48. The van der Waals surface area contributed by atoms with E-state index in [4.69, 9.17) is 0 Å². The van der Waals surface area contributed by atoms with Crippen LogP contribution in [0.25, 0.3) is 0 Å². The fourth-order valence-electron chi connectivity index (χ4n) is 3.14. The number of nitrogens with one attached hydrogen (secondary N) is 2. The zero-order valence-electron chi connectivity index (χ0n) is 15.8. The van der Waals surface area contributed by atoms with Gasteiger partial charge in [0.1, 0.15) is 0 Å². The summed E-state index contributed by atoms with van der Waals surface area (Å²) >= 11 is 1.58. The fourth-order valence-corrected chi connectivity index (χ4v) is 4.08. The highest BCUT2D eigenvalue weighted by Crippen LogP contribution is 2.27. The summed E-state index contributed by atoms with van der Waals surface area (Å²) in [5.41, 5.74) is 0.776. The third kappa shape index (κ3) is 6.82. The van der Waals surface area contributed by atoms with E-state index in [-0.39, 0.29) is 29.5 Å². The number of piperidine rings is 1. The van der Waals surface area contributed by atoms with Crippen LogP contribution in [-0.2, 0) is 9.59 Å². The van der Waals surface area contributed by atoms with Gasteiger partial charge in [-0.25, -0.2) is 0 Å². The van der Waals surface area contributed by atoms with Gasteiger partial charge in [-0.05, 0) is 63.5 Å². The molecule has 0 aliphatic carbocycles. The molecule has 0 saturated carbocycles. The number of amides is 2. The van der Waals surface area contributed by atoms with Gasteiger partial charge in [0.25, 0.3) is 0 Å². The number of halogens is 1. The number of hydrogen-bond donors (Lipinski definition) is 2. The maximum Gasteiger partial charge on any atom is 0.236 e. The van der Waals surface area contributed by atoms with Gasteiger partial charge in [0.15, 0.2) is 0 Å². The van der Waals surface area contributed by atoms with Crippen LogP contribution in [-0.4, -0.2) is 47.6 Å². The molecule has 0 bridgehead atoms. The molecule has 1 atom stereocenters. The van der Waals surface area contributed by atoms with Crippen LogP contribution in [0.4, 0.5) is 5.69 Å². The summed E-state index contributed by atoms with van der Waals surface area (Å²) in [6, 6.07) is 8.01. The Bertz CT molecular complexity index is 577. The number of carbonyl (C=O) groups excluding carboxylic acids is 2. The van der Waals surface area contributed by atoms with E-state index < -0.39 is 0 Å². The maximum atomic E-state index is 13.0. The van der Waals surface area contributed by atoms with Crippen LogP contribution in [0.1, 0.15) is 40.0 Å². The molecule has 2 N–H and O–H groups in total. The topological polar surface area (TPSA) is 61.4 Å². The fraction of sp³-hybridized carbons (Fsp3) is 0.579. The zero-order chi connectivity index (χ0) is 18.2. The van der Waals surface area contributed by atoms with E-state index in [0.717, 1.165) is 49.5 Å². The molecular formula is C19H30ClN3O2S. The number of nitrogens with zero attached hydrogens (tertiary/aromatic N) is 1. The lowest BCUT2D eigenvalue weighted by molar-refractivity contribution is -0.133. The summed E-state index contributed by atoms with van der Waals surface area (Å²) in [5.74, 6) is 0.144. The van der Waals surface area contributed by atoms with Gasteiger partial charge in [-0.3, -0.25) is 9.59 Å². The van der Waals surface area contributed by atoms with Crippen molar-refractivity contribution in [2.45, 2.75) is 56.2 Å². The lowest BCUT2D eigenvalue weighted by atomic mass is 10.0. The second-order valence-corrected chi connectivity index (χ2v) is 7.89. The van der Waals surface area contributed by atoms with E-state index in [1.165, 1.54) is 6.92 Å². The summed E-state index contributed by atoms with van der Waals surface area (Å²) in [6.07, 6.45) is 3.06. The zero-order valence-corrected chi connectivity index (χ0v) is 17.4. The van der Waals surface area contributed by atoms with E-state index in [9.17, 15) is 9.59 Å². The predicted octanol–water partition coefficient (Wildman–Crippen LogP) is 3.54. The number of hydrogen-bond acceptors (Lipinski definition) is 4. The Hall–Kier alpha value is -1.24. The quantitative estimate of drug-likeness (QED) is 0.688. The van der Waals surface area contributed by atoms with Crippen molar-refractivity contribution < 1.29 is 9.59 Å². The molecule has 0 aromatic heterocycles. The minimum absolute atomic E-state index is 0. The standard InChI is InChI=1S/C19H29N3O2S.ClH/c1-4-13-22(17-9-11-20-12-10-17)19(24)14(2)25-18-7-5-16(6-8-18)21-15(3)23;/h5-8,14,17,20H,4,9-13H2,1-3H3,(H,21,23);1H. The minimum atomic E-state index is -0.118. The first-order chi connectivity index (χ1) is 12.0. The van der Waals surface area contributed by atoms with Crippen molar-refractivity contribution in [3.63, 3.8) is 0 Å². The molecule has 1 saturated heterocycles. The average Bonchev–Trinajstić information content (AvgIpc) is 2.61. The first-order valence-electron chi connectivity index (χ1n) is 9.06. The Morgan fingerprint density at radius 3 is 2.42 bits per heavy atom. The highest BCUT2D eigenvalue weighted by Gasteiger charge is 2.28. The third-order valence-electron chi connectivity index (χ3n) is 4.33. The predicted molar refractivity (Wildman–Crippen MR) is 111 cm³/mol. The summed E-state index contributed by atoms with van der Waals surface area (Å²) in [4.78, 5) is 27.2. The van der Waals surface area contributed by atoms with Crippen LogP contribution >= 0.6 is 24.2 Å². The van der Waals surface area contributed by atoms with E-state index >= 15 is 0 Å². The van der Waals surface area contributed by atoms with Crippen molar-refractivity contribution in [2.24, 2.45) is 0 Å². The van der Waals surface area contributed by atoms with Gasteiger partial charge in [0, 0.05) is 30.1 Å². The lowest BCUT2D eigenvalue weighted by Crippen LogP contribution is -2.48. The summed E-state index contributed by atoms with van der Waals surface area (Å²) in [7, 11) is 0. The van der Waals surface area contributed by atoms with E-state index in [2.05, 4.69) is 22.5 Å². The second kappa shape index (κ2) is 11.5. The first kappa shape index (κ1) is 22.8. The van der Waals surface area contributed by atoms with Crippen molar-refractivity contribution >= 4 is 41.7 Å². The molecule has 7 heteroatoms. The van der Waals surface area contributed by atoms with Gasteiger partial charge in [-0.1, -0.05) is 6.92 Å². The van der Waals surface area contributed by atoms with Gasteiger partial charge < -0.3 is 15.5 Å². The molecule has 1 aliphatic heterocycles. The van der Waals surface area contributed by atoms with Crippen LogP contribution in [0.5, 0.6) is 0 Å². The van der Waals surface area contributed by atoms with Crippen molar-refractivity contribution in [1.82, 2.24) is 10.2 Å². The first-order valence-corrected chi connectivity index (χ1v) is 9.94. The number of anilines is 1. The molecule has 1 aromatic rings. The normalized spacial score (nSPS) is 15.7. The highest BCUT2D eigenvalue weighted by atomic mass is 35.5. The van der Waals surface area contributed by atoms with Crippen molar-refractivity contribution in [3.05, 3.63) is 24.3 Å². The van der Waals surface area contributed by atoms with Gasteiger partial charge in [-0.15, -0.1) is 24.2 Å². The van der Waals surface area contributed by atoms with Gasteiger partial charge in [-0.2, -0.15) is 0 Å². The molecule has 1 aliphatic rings. The average molecular weight is 400 g/mol. The van der Waals surface area contributed by atoms with Crippen LogP contribution in [0.15, 0.2) is 29.2 Å². The SMILES string of the molecule is CCCN(C(=O)C(C)Sc1ccc(NC(C)=O)cc1)C1CCNCC1.Cl. The van der Waals surface area contributed by atoms with Crippen LogP contribution in [0.2, 0.25) is 0 Å². The summed E-state index contributed by atoms with van der Waals surface area (Å²) < 4.78 is 0. The molecule has 0 spiro atoms.